The number of nitrogens with zero attached hydrogens (tertiary/aromatic N) is 1. The van der Waals surface area contributed by atoms with Crippen molar-refractivity contribution in [3.8, 4) is 17.2 Å². The highest BCUT2D eigenvalue weighted by molar-refractivity contribution is 6.35. The molecule has 35 heavy (non-hydrogen) atoms. The summed E-state index contributed by atoms with van der Waals surface area (Å²) in [6.07, 6.45) is 0.212. The van der Waals surface area contributed by atoms with Crippen molar-refractivity contribution in [2.24, 2.45) is 5.73 Å². The van der Waals surface area contributed by atoms with Crippen molar-refractivity contribution in [3.05, 3.63) is 53.6 Å². The number of fused-ring (bicyclic) bond motifs is 1. The van der Waals surface area contributed by atoms with E-state index < -0.39 is 29.7 Å². The monoisotopic (exact) mass is 482 g/mol. The summed E-state index contributed by atoms with van der Waals surface area (Å²) < 4.78 is 16.7. The Labute approximate surface area is 201 Å². The van der Waals surface area contributed by atoms with Crippen molar-refractivity contribution < 1.29 is 33.7 Å². The van der Waals surface area contributed by atoms with E-state index in [0.717, 1.165) is 0 Å². The third-order valence-corrected chi connectivity index (χ3v) is 6.10. The number of amidine groups is 1. The van der Waals surface area contributed by atoms with Crippen LogP contribution >= 0.6 is 0 Å². The summed E-state index contributed by atoms with van der Waals surface area (Å²) in [6.45, 7) is 0.667. The average Bonchev–Trinajstić information content (AvgIpc) is 3.31. The molecule has 1 unspecified atom stereocenters. The van der Waals surface area contributed by atoms with Gasteiger partial charge >= 0.3 is 17.8 Å². The molecule has 0 aliphatic carbocycles. The van der Waals surface area contributed by atoms with E-state index >= 15 is 0 Å². The lowest BCUT2D eigenvalue weighted by Crippen LogP contribution is -2.60. The van der Waals surface area contributed by atoms with Crippen molar-refractivity contribution in [2.75, 3.05) is 26.5 Å². The molecule has 5 N–H and O–H groups in total. The molecule has 4 rings (SSSR count). The molecule has 0 spiro atoms. The second kappa shape index (κ2) is 9.92. The zero-order valence-electron chi connectivity index (χ0n) is 18.9. The van der Waals surface area contributed by atoms with Gasteiger partial charge in [0.1, 0.15) is 11.6 Å². The summed E-state index contributed by atoms with van der Waals surface area (Å²) in [7, 11) is 0. The van der Waals surface area contributed by atoms with Gasteiger partial charge in [0.25, 0.3) is 0 Å². The van der Waals surface area contributed by atoms with Crippen LogP contribution in [0.25, 0.3) is 0 Å². The molecule has 2 aliphatic heterocycles. The standard InChI is InChI=1S/C24H26N4O7/c25-21(26)15-2-5-17(6-3-15)33-11-1-8-24(13-20(29)30,28-10-9-27-22(31)23(28)32)16-4-7-18-19(12-16)35-14-34-18/h2-7,12H,1,8-11,13-14H2,(H3,25,26)(H,27,31)(H,29,30). The molecule has 2 aliphatic rings. The normalized spacial score (nSPS) is 16.4. The Morgan fingerprint density at radius 3 is 2.63 bits per heavy atom. The maximum absolute atomic E-state index is 12.9. The molecule has 0 aromatic heterocycles. The second-order valence-corrected chi connectivity index (χ2v) is 8.27. The van der Waals surface area contributed by atoms with Crippen LogP contribution in [0, 0.1) is 5.41 Å². The van der Waals surface area contributed by atoms with E-state index in [1.54, 1.807) is 42.5 Å². The van der Waals surface area contributed by atoms with Crippen molar-refractivity contribution in [1.29, 1.82) is 5.41 Å². The van der Waals surface area contributed by atoms with Crippen LogP contribution in [-0.4, -0.2) is 60.1 Å². The van der Waals surface area contributed by atoms with Gasteiger partial charge in [0.15, 0.2) is 11.5 Å². The third kappa shape index (κ3) is 4.98. The van der Waals surface area contributed by atoms with Crippen LogP contribution in [0.5, 0.6) is 17.2 Å². The Morgan fingerprint density at radius 2 is 1.91 bits per heavy atom. The van der Waals surface area contributed by atoms with Crippen LogP contribution in [0.3, 0.4) is 0 Å². The molecule has 2 amide bonds. The first-order valence-corrected chi connectivity index (χ1v) is 11.1. The maximum Gasteiger partial charge on any atom is 0.312 e. The van der Waals surface area contributed by atoms with Gasteiger partial charge in [-0.15, -0.1) is 0 Å². The number of carbonyl (C=O) groups is 3. The highest BCUT2D eigenvalue weighted by Gasteiger charge is 2.46. The molecule has 1 saturated heterocycles. The average molecular weight is 482 g/mol. The van der Waals surface area contributed by atoms with Gasteiger partial charge in [-0.1, -0.05) is 6.07 Å². The van der Waals surface area contributed by atoms with Crippen molar-refractivity contribution in [3.63, 3.8) is 0 Å². The number of nitrogen functional groups attached to an aromatic ring is 1. The maximum atomic E-state index is 12.9. The molecule has 0 saturated carbocycles. The smallest absolute Gasteiger partial charge is 0.312 e. The number of rotatable bonds is 10. The quantitative estimate of drug-likeness (QED) is 0.170. The lowest BCUT2D eigenvalue weighted by molar-refractivity contribution is -0.157. The highest BCUT2D eigenvalue weighted by atomic mass is 16.7. The molecule has 2 heterocycles. The number of amides is 2. The summed E-state index contributed by atoms with van der Waals surface area (Å²) in [4.78, 5) is 38.5. The van der Waals surface area contributed by atoms with E-state index in [1.165, 1.54) is 4.90 Å². The largest absolute Gasteiger partial charge is 0.494 e. The fourth-order valence-electron chi connectivity index (χ4n) is 4.43. The number of hydrogen-bond acceptors (Lipinski definition) is 7. The molecular formula is C24H26N4O7. The molecule has 0 radical (unpaired) electrons. The van der Waals surface area contributed by atoms with Crippen LogP contribution in [0.15, 0.2) is 42.5 Å². The minimum Gasteiger partial charge on any atom is -0.494 e. The minimum absolute atomic E-state index is 0.0473. The van der Waals surface area contributed by atoms with Gasteiger partial charge in [-0.3, -0.25) is 19.8 Å². The molecule has 2 aromatic rings. The number of carboxylic acids is 1. The molecular weight excluding hydrogens is 456 g/mol. The molecule has 1 atom stereocenters. The van der Waals surface area contributed by atoms with Crippen LogP contribution < -0.4 is 25.3 Å². The van der Waals surface area contributed by atoms with E-state index in [1.807, 2.05) is 0 Å². The zero-order chi connectivity index (χ0) is 25.0. The first kappa shape index (κ1) is 23.9. The topological polar surface area (TPSA) is 164 Å². The van der Waals surface area contributed by atoms with E-state index in [9.17, 15) is 19.5 Å². The second-order valence-electron chi connectivity index (χ2n) is 8.27. The first-order valence-electron chi connectivity index (χ1n) is 11.1. The van der Waals surface area contributed by atoms with E-state index in [0.29, 0.717) is 34.8 Å². The van der Waals surface area contributed by atoms with Crippen LogP contribution in [0.4, 0.5) is 0 Å². The fraction of sp³-hybridized carbons (Fsp3) is 0.333. The van der Waals surface area contributed by atoms with E-state index in [2.05, 4.69) is 5.32 Å². The van der Waals surface area contributed by atoms with Crippen molar-refractivity contribution in [1.82, 2.24) is 10.2 Å². The number of ether oxygens (including phenoxy) is 3. The Balaban J connectivity index is 1.60. The van der Waals surface area contributed by atoms with Crippen LogP contribution in [0.1, 0.15) is 30.4 Å². The summed E-state index contributed by atoms with van der Waals surface area (Å²) in [5.41, 5.74) is 5.28. The Morgan fingerprint density at radius 1 is 1.17 bits per heavy atom. The van der Waals surface area contributed by atoms with Crippen molar-refractivity contribution in [2.45, 2.75) is 24.8 Å². The molecule has 0 bridgehead atoms. The SMILES string of the molecule is N=C(N)c1ccc(OCCCC(CC(=O)O)(c2ccc3c(c2)OCO3)N2CCNC(=O)C2=O)cc1. The third-order valence-electron chi connectivity index (χ3n) is 6.10. The predicted octanol–water partition coefficient (Wildman–Crippen LogP) is 1.19. The van der Waals surface area contributed by atoms with E-state index in [4.69, 9.17) is 25.4 Å². The number of carbonyl (C=O) groups excluding carboxylic acids is 2. The molecule has 11 heteroatoms. The highest BCUT2D eigenvalue weighted by Crippen LogP contribution is 2.42. The molecule has 11 nitrogen and oxygen atoms in total. The van der Waals surface area contributed by atoms with Gasteiger partial charge in [0, 0.05) is 18.7 Å². The number of nitrogens with two attached hydrogens (primary N) is 1. The molecule has 184 valence electrons. The summed E-state index contributed by atoms with van der Waals surface area (Å²) in [5, 5.41) is 19.8. The summed E-state index contributed by atoms with van der Waals surface area (Å²) >= 11 is 0. The lowest BCUT2D eigenvalue weighted by atomic mass is 9.80. The van der Waals surface area contributed by atoms with Gasteiger partial charge in [0.2, 0.25) is 6.79 Å². The number of carboxylic acid groups (broad SMARTS) is 1. The molecule has 2 aromatic carbocycles. The summed E-state index contributed by atoms with van der Waals surface area (Å²) in [6, 6.07) is 11.8. The van der Waals surface area contributed by atoms with E-state index in [-0.39, 0.29) is 38.7 Å². The number of benzene rings is 2. The van der Waals surface area contributed by atoms with Gasteiger partial charge < -0.3 is 35.3 Å². The Kier molecular flexibility index (Phi) is 6.76. The first-order chi connectivity index (χ1) is 16.8. The van der Waals surface area contributed by atoms with Crippen LogP contribution in [0.2, 0.25) is 0 Å². The number of hydrogen-bond donors (Lipinski definition) is 4. The van der Waals surface area contributed by atoms with Crippen LogP contribution in [-0.2, 0) is 19.9 Å². The fourth-order valence-corrected chi connectivity index (χ4v) is 4.43. The predicted molar refractivity (Wildman–Crippen MR) is 123 cm³/mol. The lowest BCUT2D eigenvalue weighted by Gasteiger charge is -2.45. The zero-order valence-corrected chi connectivity index (χ0v) is 18.9. The summed E-state index contributed by atoms with van der Waals surface area (Å²) in [5.74, 6) is -1.16. The minimum atomic E-state index is -1.30. The van der Waals surface area contributed by atoms with Gasteiger partial charge in [-0.25, -0.2) is 0 Å². The Hall–Kier alpha value is -4.28. The number of aliphatic carboxylic acids is 1. The van der Waals surface area contributed by atoms with Crippen molar-refractivity contribution >= 4 is 23.6 Å². The van der Waals surface area contributed by atoms with Gasteiger partial charge in [-0.05, 0) is 54.8 Å². The number of piperazine rings is 1. The Bertz CT molecular complexity index is 1150. The van der Waals surface area contributed by atoms with Gasteiger partial charge in [-0.2, -0.15) is 0 Å². The van der Waals surface area contributed by atoms with Gasteiger partial charge in [0.05, 0.1) is 18.6 Å². The number of nitrogens with one attached hydrogen (secondary N) is 2. The molecule has 1 fully saturated rings.